The molecule has 0 unspecified atom stereocenters. The zero-order valence-corrected chi connectivity index (χ0v) is 33.7. The third-order valence-electron chi connectivity index (χ3n) is 12.7. The smallest absolute Gasteiger partial charge is 0.116 e. The molecule has 13 rings (SSSR count). The van der Waals surface area contributed by atoms with E-state index in [2.05, 4.69) is 200 Å². The molecule has 2 aromatic heterocycles. The third kappa shape index (κ3) is 5.34. The first-order valence-electron chi connectivity index (χ1n) is 20.8. The Morgan fingerprint density at radius 3 is 1.10 bits per heavy atom. The monoisotopic (exact) mass is 790 g/mol. The molecule has 0 aliphatic carbocycles. The highest BCUT2D eigenvalue weighted by Gasteiger charge is 2.16. The molecule has 0 atom stereocenters. The van der Waals surface area contributed by atoms with Crippen LogP contribution in [-0.4, -0.2) is 9.97 Å². The number of nitrogens with zero attached hydrogens (tertiary/aromatic N) is 2. The van der Waals surface area contributed by atoms with Gasteiger partial charge in [0.25, 0.3) is 0 Å². The molecule has 0 radical (unpaired) electrons. The van der Waals surface area contributed by atoms with Crippen molar-refractivity contribution in [3.63, 3.8) is 0 Å². The molecule has 3 heteroatoms. The summed E-state index contributed by atoms with van der Waals surface area (Å²) < 4.78 is 2.31. The normalized spacial score (nSPS) is 11.9. The molecule has 0 N–H and O–H groups in total. The van der Waals surface area contributed by atoms with Gasteiger partial charge in [0, 0.05) is 15.6 Å². The lowest BCUT2D eigenvalue weighted by atomic mass is 9.91. The molecule has 0 amide bonds. The van der Waals surface area contributed by atoms with Crippen molar-refractivity contribution in [3.8, 4) is 44.6 Å². The molecule has 2 heterocycles. The maximum atomic E-state index is 4.91. The van der Waals surface area contributed by atoms with E-state index >= 15 is 0 Å². The number of hydrogen-bond donors (Lipinski definition) is 0. The van der Waals surface area contributed by atoms with Crippen LogP contribution in [0.5, 0.6) is 0 Å². The van der Waals surface area contributed by atoms with Crippen LogP contribution in [0.1, 0.15) is 0 Å². The van der Waals surface area contributed by atoms with Crippen LogP contribution in [0, 0.1) is 0 Å². The summed E-state index contributed by atoms with van der Waals surface area (Å²) >= 11 is 1.77. The first-order valence-corrected chi connectivity index (χ1v) is 21.6. The van der Waals surface area contributed by atoms with E-state index in [4.69, 9.17) is 9.97 Å². The van der Waals surface area contributed by atoms with Gasteiger partial charge in [-0.15, -0.1) is 11.3 Å². The van der Waals surface area contributed by atoms with E-state index < -0.39 is 0 Å². The lowest BCUT2D eigenvalue weighted by Crippen LogP contribution is -1.88. The number of benzene rings is 11. The molecule has 11 aromatic carbocycles. The summed E-state index contributed by atoms with van der Waals surface area (Å²) in [5, 5.41) is 16.6. The first kappa shape index (κ1) is 34.2. The molecule has 282 valence electrons. The van der Waals surface area contributed by atoms with Crippen molar-refractivity contribution in [1.82, 2.24) is 9.97 Å². The second kappa shape index (κ2) is 13.4. The SMILES string of the molecule is c1cc(-c2ccc3c4ccccc4c4ccccc4c3c2)cc(-c2ccc3sc4c(-c5cccc(-c6ccc7c8ccccc8c8ccccc8c7c6)c5)ncnc4c3c2)c1. The van der Waals surface area contributed by atoms with Gasteiger partial charge in [-0.05, 0) is 134 Å². The fourth-order valence-electron chi connectivity index (χ4n) is 9.86. The minimum Gasteiger partial charge on any atom is -0.235 e. The maximum absolute atomic E-state index is 4.91. The van der Waals surface area contributed by atoms with Gasteiger partial charge in [-0.3, -0.25) is 0 Å². The molecule has 0 fully saturated rings. The van der Waals surface area contributed by atoms with Gasteiger partial charge in [0.15, 0.2) is 0 Å². The number of rotatable bonds is 4. The summed E-state index contributed by atoms with van der Waals surface area (Å²) in [6.07, 6.45) is 1.73. The average molecular weight is 791 g/mol. The van der Waals surface area contributed by atoms with Crippen LogP contribution >= 0.6 is 11.3 Å². The average Bonchev–Trinajstić information content (AvgIpc) is 3.72. The van der Waals surface area contributed by atoms with Gasteiger partial charge in [0.2, 0.25) is 0 Å². The van der Waals surface area contributed by atoms with Crippen LogP contribution in [0.2, 0.25) is 0 Å². The standard InChI is InChI=1S/C58H34N2S/c1-3-19-46-42(15-1)44-17-5-7-21-48(44)52-31-38(23-26-50(46)52)35-11-9-12-36(29-35)40-25-28-55-54(33-40)57-58(61-55)56(59-34-60-57)41-14-10-13-37(30-41)39-24-27-51-47-20-4-2-16-43(47)45-18-6-8-22-49(45)53(51)32-39/h1-34H. The largest absolute Gasteiger partial charge is 0.235 e. The van der Waals surface area contributed by atoms with E-state index in [0.29, 0.717) is 0 Å². The van der Waals surface area contributed by atoms with Gasteiger partial charge >= 0.3 is 0 Å². The molecule has 2 nitrogen and oxygen atoms in total. The highest BCUT2D eigenvalue weighted by atomic mass is 32.1. The second-order valence-electron chi connectivity index (χ2n) is 16.1. The van der Waals surface area contributed by atoms with E-state index in [1.807, 2.05) is 0 Å². The highest BCUT2D eigenvalue weighted by molar-refractivity contribution is 7.26. The molecule has 0 saturated carbocycles. The van der Waals surface area contributed by atoms with Crippen molar-refractivity contribution in [1.29, 1.82) is 0 Å². The lowest BCUT2D eigenvalue weighted by Gasteiger charge is -2.12. The highest BCUT2D eigenvalue weighted by Crippen LogP contribution is 2.43. The predicted molar refractivity (Wildman–Crippen MR) is 262 cm³/mol. The maximum Gasteiger partial charge on any atom is 0.116 e. The van der Waals surface area contributed by atoms with E-state index in [9.17, 15) is 0 Å². The summed E-state index contributed by atoms with van der Waals surface area (Å²) in [5.41, 5.74) is 10.2. The van der Waals surface area contributed by atoms with Crippen LogP contribution in [0.15, 0.2) is 207 Å². The molecule has 13 aromatic rings. The Bertz CT molecular complexity index is 3880. The first-order chi connectivity index (χ1) is 30.2. The Morgan fingerprint density at radius 1 is 0.262 bits per heavy atom. The van der Waals surface area contributed by atoms with Crippen molar-refractivity contribution in [2.45, 2.75) is 0 Å². The Kier molecular flexibility index (Phi) is 7.51. The second-order valence-corrected chi connectivity index (χ2v) is 17.1. The fourth-order valence-corrected chi connectivity index (χ4v) is 11.0. The van der Waals surface area contributed by atoms with Gasteiger partial charge in [-0.2, -0.15) is 0 Å². The Balaban J connectivity index is 0.884. The van der Waals surface area contributed by atoms with Crippen molar-refractivity contribution in [2.24, 2.45) is 0 Å². The van der Waals surface area contributed by atoms with Crippen LogP contribution in [0.25, 0.3) is 130 Å². The number of hydrogen-bond acceptors (Lipinski definition) is 3. The van der Waals surface area contributed by atoms with E-state index in [1.165, 1.54) is 103 Å². The topological polar surface area (TPSA) is 25.8 Å². The molecule has 0 saturated heterocycles. The zero-order valence-electron chi connectivity index (χ0n) is 32.9. The van der Waals surface area contributed by atoms with Crippen molar-refractivity contribution in [3.05, 3.63) is 207 Å². The van der Waals surface area contributed by atoms with Crippen molar-refractivity contribution >= 4 is 96.3 Å². The number of thiophene rings is 1. The molecular weight excluding hydrogens is 757 g/mol. The van der Waals surface area contributed by atoms with E-state index in [-0.39, 0.29) is 0 Å². The number of fused-ring (bicyclic) bond motifs is 15. The number of aromatic nitrogens is 2. The molecule has 0 aliphatic rings. The third-order valence-corrected chi connectivity index (χ3v) is 13.9. The fraction of sp³-hybridized carbons (Fsp3) is 0. The summed E-state index contributed by atoms with van der Waals surface area (Å²) in [4.78, 5) is 9.81. The molecule has 0 aliphatic heterocycles. The van der Waals surface area contributed by atoms with Crippen LogP contribution in [0.4, 0.5) is 0 Å². The minimum absolute atomic E-state index is 0.963. The van der Waals surface area contributed by atoms with Gasteiger partial charge in [-0.1, -0.05) is 164 Å². The van der Waals surface area contributed by atoms with E-state index in [1.54, 1.807) is 17.7 Å². The van der Waals surface area contributed by atoms with Crippen molar-refractivity contribution in [2.75, 3.05) is 0 Å². The summed E-state index contributed by atoms with van der Waals surface area (Å²) in [6.45, 7) is 0. The van der Waals surface area contributed by atoms with Crippen LogP contribution in [-0.2, 0) is 0 Å². The Hall–Kier alpha value is -7.72. The molecule has 61 heavy (non-hydrogen) atoms. The van der Waals surface area contributed by atoms with E-state index in [0.717, 1.165) is 26.9 Å². The van der Waals surface area contributed by atoms with Gasteiger partial charge in [0.1, 0.15) is 6.33 Å². The quantitative estimate of drug-likeness (QED) is 0.166. The Labute approximate surface area is 355 Å². The summed E-state index contributed by atoms with van der Waals surface area (Å²) in [5.74, 6) is 0. The minimum atomic E-state index is 0.963. The van der Waals surface area contributed by atoms with Gasteiger partial charge in [0.05, 0.1) is 15.9 Å². The van der Waals surface area contributed by atoms with Gasteiger partial charge in [-0.25, -0.2) is 9.97 Å². The lowest BCUT2D eigenvalue weighted by molar-refractivity contribution is 1.24. The predicted octanol–water partition coefficient (Wildman–Crippen LogP) is 16.4. The van der Waals surface area contributed by atoms with Crippen molar-refractivity contribution < 1.29 is 0 Å². The zero-order chi connectivity index (χ0) is 40.0. The van der Waals surface area contributed by atoms with Gasteiger partial charge < -0.3 is 0 Å². The molecular formula is C58H34N2S. The Morgan fingerprint density at radius 2 is 0.623 bits per heavy atom. The summed E-state index contributed by atoms with van der Waals surface area (Å²) in [7, 11) is 0. The molecule has 0 bridgehead atoms. The van der Waals surface area contributed by atoms with Crippen LogP contribution in [0.3, 0.4) is 0 Å². The van der Waals surface area contributed by atoms with Crippen LogP contribution < -0.4 is 0 Å². The molecule has 0 spiro atoms. The summed E-state index contributed by atoms with van der Waals surface area (Å²) in [6, 6.07) is 73.5.